The molecule has 2 atom stereocenters. The minimum atomic E-state index is -2.38. The van der Waals surface area contributed by atoms with E-state index in [-0.39, 0.29) is 31.5 Å². The van der Waals surface area contributed by atoms with Gasteiger partial charge in [-0.05, 0) is 18.8 Å². The van der Waals surface area contributed by atoms with Gasteiger partial charge in [0.2, 0.25) is 0 Å². The molecule has 1 saturated heterocycles. The SMILES string of the molecule is O=C(O)CCC1CC(NCC(F)F)CN(CCO)C1. The van der Waals surface area contributed by atoms with Crippen molar-refractivity contribution in [3.8, 4) is 0 Å². The fourth-order valence-corrected chi connectivity index (χ4v) is 2.57. The molecular weight excluding hydrogens is 258 g/mol. The Labute approximate surface area is 111 Å². The van der Waals surface area contributed by atoms with Gasteiger partial charge in [-0.25, -0.2) is 8.78 Å². The number of carbonyl (C=O) groups is 1. The summed E-state index contributed by atoms with van der Waals surface area (Å²) in [5.74, 6) is -0.664. The monoisotopic (exact) mass is 280 g/mol. The first-order chi connectivity index (χ1) is 9.01. The molecule has 3 N–H and O–H groups in total. The lowest BCUT2D eigenvalue weighted by atomic mass is 9.90. The van der Waals surface area contributed by atoms with Crippen molar-refractivity contribution in [1.82, 2.24) is 10.2 Å². The number of hydrogen-bond acceptors (Lipinski definition) is 4. The first-order valence-electron chi connectivity index (χ1n) is 6.57. The van der Waals surface area contributed by atoms with Crippen molar-refractivity contribution in [2.24, 2.45) is 5.92 Å². The molecule has 1 heterocycles. The molecule has 0 spiro atoms. The Balaban J connectivity index is 2.44. The van der Waals surface area contributed by atoms with Crippen LogP contribution in [0.3, 0.4) is 0 Å². The third-order valence-electron chi connectivity index (χ3n) is 3.36. The summed E-state index contributed by atoms with van der Waals surface area (Å²) in [6.07, 6.45) is -1.03. The number of aliphatic hydroxyl groups excluding tert-OH is 1. The summed E-state index contributed by atoms with van der Waals surface area (Å²) >= 11 is 0. The largest absolute Gasteiger partial charge is 0.481 e. The fraction of sp³-hybridized carbons (Fsp3) is 0.917. The van der Waals surface area contributed by atoms with Gasteiger partial charge in [0.15, 0.2) is 0 Å². The highest BCUT2D eigenvalue weighted by atomic mass is 19.3. The molecule has 0 aliphatic carbocycles. The summed E-state index contributed by atoms with van der Waals surface area (Å²) in [5, 5.41) is 20.4. The first kappa shape index (κ1) is 16.3. The number of halogens is 2. The van der Waals surface area contributed by atoms with Crippen LogP contribution in [0.5, 0.6) is 0 Å². The average Bonchev–Trinajstić information content (AvgIpc) is 2.34. The third-order valence-corrected chi connectivity index (χ3v) is 3.36. The van der Waals surface area contributed by atoms with Crippen molar-refractivity contribution in [2.75, 3.05) is 32.8 Å². The molecule has 0 bridgehead atoms. The number of piperidine rings is 1. The van der Waals surface area contributed by atoms with Crippen LogP contribution in [0.25, 0.3) is 0 Å². The smallest absolute Gasteiger partial charge is 0.303 e. The topological polar surface area (TPSA) is 72.8 Å². The second-order valence-corrected chi connectivity index (χ2v) is 5.01. The molecule has 1 aliphatic heterocycles. The van der Waals surface area contributed by atoms with Crippen molar-refractivity contribution in [3.05, 3.63) is 0 Å². The number of rotatable bonds is 8. The lowest BCUT2D eigenvalue weighted by Gasteiger charge is -2.38. The number of carboxylic acid groups (broad SMARTS) is 1. The highest BCUT2D eigenvalue weighted by Gasteiger charge is 2.27. The molecule has 7 heteroatoms. The van der Waals surface area contributed by atoms with Crippen LogP contribution in [-0.2, 0) is 4.79 Å². The second kappa shape index (κ2) is 8.39. The summed E-state index contributed by atoms with van der Waals surface area (Å²) in [7, 11) is 0. The van der Waals surface area contributed by atoms with Gasteiger partial charge in [-0.2, -0.15) is 0 Å². The van der Waals surface area contributed by atoms with Gasteiger partial charge in [0.25, 0.3) is 6.43 Å². The molecule has 0 amide bonds. The molecule has 112 valence electrons. The zero-order valence-electron chi connectivity index (χ0n) is 10.9. The second-order valence-electron chi connectivity index (χ2n) is 5.01. The van der Waals surface area contributed by atoms with E-state index >= 15 is 0 Å². The molecule has 1 fully saturated rings. The maximum atomic E-state index is 12.2. The van der Waals surface area contributed by atoms with Crippen LogP contribution in [-0.4, -0.2) is 66.3 Å². The highest BCUT2D eigenvalue weighted by molar-refractivity contribution is 5.66. The molecule has 19 heavy (non-hydrogen) atoms. The molecule has 0 saturated carbocycles. The molecule has 0 radical (unpaired) electrons. The van der Waals surface area contributed by atoms with Crippen molar-refractivity contribution in [2.45, 2.75) is 31.7 Å². The minimum absolute atomic E-state index is 0.0210. The molecule has 1 aliphatic rings. The number of alkyl halides is 2. The predicted octanol–water partition coefficient (Wildman–Crippen LogP) is 0.389. The Morgan fingerprint density at radius 1 is 1.42 bits per heavy atom. The number of aliphatic hydroxyl groups is 1. The fourth-order valence-electron chi connectivity index (χ4n) is 2.57. The number of β-amino-alcohol motifs (C(OH)–C–C–N with tert-alkyl or cyclic N) is 1. The Kier molecular flexibility index (Phi) is 7.19. The lowest BCUT2D eigenvalue weighted by Crippen LogP contribution is -2.50. The predicted molar refractivity (Wildman–Crippen MR) is 66.3 cm³/mol. The zero-order valence-corrected chi connectivity index (χ0v) is 10.9. The standard InChI is InChI=1S/C12H22F2N2O3/c13-11(14)6-15-10-5-9(1-2-12(18)19)7-16(8-10)3-4-17/h9-11,15,17H,1-8H2,(H,18,19). The van der Waals surface area contributed by atoms with E-state index in [1.165, 1.54) is 0 Å². The van der Waals surface area contributed by atoms with Crippen LogP contribution < -0.4 is 5.32 Å². The average molecular weight is 280 g/mol. The molecule has 5 nitrogen and oxygen atoms in total. The van der Waals surface area contributed by atoms with Gasteiger partial charge >= 0.3 is 5.97 Å². The summed E-state index contributed by atoms with van der Waals surface area (Å²) in [4.78, 5) is 12.6. The van der Waals surface area contributed by atoms with E-state index in [4.69, 9.17) is 10.2 Å². The maximum absolute atomic E-state index is 12.2. The van der Waals surface area contributed by atoms with Crippen LogP contribution >= 0.6 is 0 Å². The maximum Gasteiger partial charge on any atom is 0.303 e. The van der Waals surface area contributed by atoms with Crippen LogP contribution in [0.1, 0.15) is 19.3 Å². The Morgan fingerprint density at radius 3 is 2.74 bits per heavy atom. The minimum Gasteiger partial charge on any atom is -0.481 e. The quantitative estimate of drug-likeness (QED) is 0.600. The van der Waals surface area contributed by atoms with E-state index in [2.05, 4.69) is 5.32 Å². The van der Waals surface area contributed by atoms with Gasteiger partial charge in [0, 0.05) is 32.1 Å². The van der Waals surface area contributed by atoms with Crippen molar-refractivity contribution in [1.29, 1.82) is 0 Å². The van der Waals surface area contributed by atoms with Crippen LogP contribution in [0.4, 0.5) is 8.78 Å². The van der Waals surface area contributed by atoms with E-state index < -0.39 is 12.4 Å². The molecule has 1 rings (SSSR count). The Hall–Kier alpha value is -0.790. The Bertz CT molecular complexity index is 280. The van der Waals surface area contributed by atoms with Crippen molar-refractivity contribution >= 4 is 5.97 Å². The van der Waals surface area contributed by atoms with E-state index in [0.29, 0.717) is 25.9 Å². The van der Waals surface area contributed by atoms with Crippen LogP contribution in [0, 0.1) is 5.92 Å². The molecular formula is C12H22F2N2O3. The summed E-state index contributed by atoms with van der Waals surface area (Å²) in [5.41, 5.74) is 0. The highest BCUT2D eigenvalue weighted by Crippen LogP contribution is 2.21. The summed E-state index contributed by atoms with van der Waals surface area (Å²) in [6, 6.07) is -0.0619. The van der Waals surface area contributed by atoms with Gasteiger partial charge in [-0.1, -0.05) is 0 Å². The molecule has 0 aromatic carbocycles. The van der Waals surface area contributed by atoms with Gasteiger partial charge in [0.05, 0.1) is 13.2 Å². The normalized spacial score (nSPS) is 24.8. The van der Waals surface area contributed by atoms with Gasteiger partial charge < -0.3 is 15.5 Å². The zero-order chi connectivity index (χ0) is 14.3. The third kappa shape index (κ3) is 6.79. The van der Waals surface area contributed by atoms with E-state index in [1.54, 1.807) is 0 Å². The van der Waals surface area contributed by atoms with Crippen molar-refractivity contribution in [3.63, 3.8) is 0 Å². The van der Waals surface area contributed by atoms with E-state index in [0.717, 1.165) is 6.54 Å². The van der Waals surface area contributed by atoms with Gasteiger partial charge in [-0.3, -0.25) is 9.69 Å². The number of nitrogens with zero attached hydrogens (tertiary/aromatic N) is 1. The molecule has 2 unspecified atom stereocenters. The van der Waals surface area contributed by atoms with Crippen LogP contribution in [0.2, 0.25) is 0 Å². The van der Waals surface area contributed by atoms with Gasteiger partial charge in [0.1, 0.15) is 0 Å². The molecule has 0 aromatic heterocycles. The van der Waals surface area contributed by atoms with Gasteiger partial charge in [-0.15, -0.1) is 0 Å². The number of nitrogens with one attached hydrogen (secondary N) is 1. The molecule has 0 aromatic rings. The van der Waals surface area contributed by atoms with E-state index in [9.17, 15) is 13.6 Å². The number of hydrogen-bond donors (Lipinski definition) is 3. The lowest BCUT2D eigenvalue weighted by molar-refractivity contribution is -0.137. The number of carboxylic acids is 1. The van der Waals surface area contributed by atoms with Crippen LogP contribution in [0.15, 0.2) is 0 Å². The Morgan fingerprint density at radius 2 is 2.16 bits per heavy atom. The summed E-state index contributed by atoms with van der Waals surface area (Å²) < 4.78 is 24.4. The summed E-state index contributed by atoms with van der Waals surface area (Å²) in [6.45, 7) is 1.52. The number of aliphatic carboxylic acids is 1. The van der Waals surface area contributed by atoms with Crippen molar-refractivity contribution < 1.29 is 23.8 Å². The van der Waals surface area contributed by atoms with E-state index in [1.807, 2.05) is 4.90 Å². The first-order valence-corrected chi connectivity index (χ1v) is 6.57. The number of likely N-dealkylation sites (tertiary alicyclic amines) is 1.